The fraction of sp³-hybridized carbons (Fsp3) is 0.500. The smallest absolute Gasteiger partial charge is 0.459 e. The molecule has 1 aliphatic rings. The number of para-hydroxylation sites is 1. The molecule has 3 aromatic rings. The van der Waals surface area contributed by atoms with E-state index in [1.165, 1.54) is 24.7 Å². The van der Waals surface area contributed by atoms with Crippen LogP contribution in [0.5, 0.6) is 11.6 Å². The highest BCUT2D eigenvalue weighted by Gasteiger charge is 2.58. The fourth-order valence-corrected chi connectivity index (χ4v) is 5.99. The van der Waals surface area contributed by atoms with Crippen LogP contribution in [0.15, 0.2) is 36.7 Å². The first-order valence-corrected chi connectivity index (χ1v) is 15.1. The van der Waals surface area contributed by atoms with Crippen LogP contribution in [0.1, 0.15) is 40.8 Å². The first-order valence-electron chi connectivity index (χ1n) is 13.5. The Labute approximate surface area is 247 Å². The van der Waals surface area contributed by atoms with Crippen molar-refractivity contribution < 1.29 is 42.5 Å². The molecule has 6 N–H and O–H groups in total. The molecule has 1 saturated heterocycles. The van der Waals surface area contributed by atoms with E-state index in [-0.39, 0.29) is 35.3 Å². The van der Waals surface area contributed by atoms with E-state index >= 15 is 0 Å². The summed E-state index contributed by atoms with van der Waals surface area (Å²) in [5.41, 5.74) is 10.3. The number of nitrogens with zero attached hydrogens (tertiary/aromatic N) is 4. The van der Waals surface area contributed by atoms with Gasteiger partial charge in [-0.15, -0.1) is 0 Å². The zero-order chi connectivity index (χ0) is 31.5. The summed E-state index contributed by atoms with van der Waals surface area (Å²) in [7, 11) is -4.31. The Kier molecular flexibility index (Phi) is 9.57. The number of aliphatic hydroxyl groups is 1. The average Bonchev–Trinajstić information content (AvgIpc) is 3.46. The number of hydrogen-bond acceptors (Lipinski definition) is 13. The molecule has 2 aromatic heterocycles. The molecule has 0 radical (unpaired) electrons. The zero-order valence-corrected chi connectivity index (χ0v) is 25.3. The normalized spacial score (nSPS) is 24.0. The molecular formula is C26H36N7O9P. The molecular weight excluding hydrogens is 585 g/mol. The number of aromatic nitrogens is 4. The third-order valence-corrected chi connectivity index (χ3v) is 8.33. The van der Waals surface area contributed by atoms with Crippen molar-refractivity contribution >= 4 is 36.7 Å². The largest absolute Gasteiger partial charge is 0.476 e. The number of nitrogens with two attached hydrogens (primary N) is 2. The molecule has 234 valence electrons. The third kappa shape index (κ3) is 6.73. The van der Waals surface area contributed by atoms with Gasteiger partial charge < -0.3 is 35.3 Å². The maximum absolute atomic E-state index is 13.9. The molecule has 4 rings (SSSR count). The van der Waals surface area contributed by atoms with Gasteiger partial charge in [0, 0.05) is 0 Å². The highest BCUT2D eigenvalue weighted by molar-refractivity contribution is 7.52. The summed E-state index contributed by atoms with van der Waals surface area (Å²) in [5.74, 6) is -1.39. The van der Waals surface area contributed by atoms with Gasteiger partial charge in [0.1, 0.15) is 29.4 Å². The van der Waals surface area contributed by atoms with Gasteiger partial charge in [-0.3, -0.25) is 18.7 Å². The van der Waals surface area contributed by atoms with Gasteiger partial charge in [-0.2, -0.15) is 15.1 Å². The van der Waals surface area contributed by atoms with Crippen molar-refractivity contribution in [1.82, 2.24) is 24.6 Å². The molecule has 1 amide bonds. The van der Waals surface area contributed by atoms with Gasteiger partial charge in [0.2, 0.25) is 17.7 Å². The minimum Gasteiger partial charge on any atom is -0.476 e. The van der Waals surface area contributed by atoms with Crippen LogP contribution in [-0.4, -0.2) is 74.1 Å². The van der Waals surface area contributed by atoms with E-state index in [1.54, 1.807) is 51.1 Å². The van der Waals surface area contributed by atoms with E-state index < -0.39 is 62.2 Å². The molecule has 17 heteroatoms. The Morgan fingerprint density at radius 3 is 2.56 bits per heavy atom. The van der Waals surface area contributed by atoms with Gasteiger partial charge in [0.05, 0.1) is 25.6 Å². The number of primary amides is 1. The predicted octanol–water partition coefficient (Wildman–Crippen LogP) is 1.69. The minimum atomic E-state index is -4.31. The molecule has 1 aromatic carbocycles. The summed E-state index contributed by atoms with van der Waals surface area (Å²) < 4.78 is 43.5. The number of nitrogens with one attached hydrogen (secondary N) is 1. The number of anilines is 1. The number of ether oxygens (including phenoxy) is 3. The lowest BCUT2D eigenvalue weighted by molar-refractivity contribution is -0.149. The van der Waals surface area contributed by atoms with Gasteiger partial charge in [-0.05, 0) is 46.8 Å². The maximum Gasteiger partial charge on any atom is 0.459 e. The third-order valence-electron chi connectivity index (χ3n) is 6.69. The highest BCUT2D eigenvalue weighted by Crippen LogP contribution is 2.50. The van der Waals surface area contributed by atoms with E-state index in [1.807, 2.05) is 0 Å². The van der Waals surface area contributed by atoms with E-state index in [0.29, 0.717) is 0 Å². The van der Waals surface area contributed by atoms with Crippen molar-refractivity contribution in [3.8, 4) is 11.6 Å². The quantitative estimate of drug-likeness (QED) is 0.157. The summed E-state index contributed by atoms with van der Waals surface area (Å²) in [6, 6.07) is 7.04. The Morgan fingerprint density at radius 1 is 1.23 bits per heavy atom. The Morgan fingerprint density at radius 2 is 1.93 bits per heavy atom. The number of carbonyl (C=O) groups excluding carboxylic acids is 2. The van der Waals surface area contributed by atoms with Gasteiger partial charge in [-0.1, -0.05) is 18.2 Å². The molecule has 43 heavy (non-hydrogen) atoms. The zero-order valence-electron chi connectivity index (χ0n) is 24.4. The second-order valence-corrected chi connectivity index (χ2v) is 12.0. The summed E-state index contributed by atoms with van der Waals surface area (Å²) in [5, 5.41) is 13.9. The fourth-order valence-electron chi connectivity index (χ4n) is 4.49. The van der Waals surface area contributed by atoms with E-state index in [4.69, 9.17) is 34.7 Å². The molecule has 0 aliphatic carbocycles. The van der Waals surface area contributed by atoms with Crippen LogP contribution in [0, 0.1) is 5.41 Å². The number of imidazole rings is 1. The average molecular weight is 622 g/mol. The number of hydrogen-bond donors (Lipinski definition) is 4. The van der Waals surface area contributed by atoms with Crippen LogP contribution in [0.3, 0.4) is 0 Å². The molecule has 6 atom stereocenters. The number of benzene rings is 1. The monoisotopic (exact) mass is 621 g/mol. The van der Waals surface area contributed by atoms with E-state index in [9.17, 15) is 19.3 Å². The lowest BCUT2D eigenvalue weighted by Gasteiger charge is -2.29. The maximum atomic E-state index is 13.9. The van der Waals surface area contributed by atoms with Gasteiger partial charge in [0.15, 0.2) is 17.4 Å². The SMILES string of the molecule is CCOc1nc(N)nc2c1ncn2[C@@H]1O[C@H](COP(=O)(N[C@@H](C)C(=O)OC(C)C)Oc2ccccc2)[C@@H](O)[C@@]1(C)C(N)=O. The van der Waals surface area contributed by atoms with Crippen LogP contribution in [0.25, 0.3) is 11.2 Å². The molecule has 16 nitrogen and oxygen atoms in total. The van der Waals surface area contributed by atoms with Crippen molar-refractivity contribution in [2.75, 3.05) is 18.9 Å². The minimum absolute atomic E-state index is 0.118. The molecule has 3 heterocycles. The van der Waals surface area contributed by atoms with Crippen LogP contribution < -0.4 is 25.8 Å². The van der Waals surface area contributed by atoms with Crippen molar-refractivity contribution in [2.24, 2.45) is 11.1 Å². The summed E-state index contributed by atoms with van der Waals surface area (Å²) in [6.45, 7) is 7.69. The highest BCUT2D eigenvalue weighted by atomic mass is 31.2. The second-order valence-electron chi connectivity index (χ2n) is 10.3. The van der Waals surface area contributed by atoms with Crippen molar-refractivity contribution in [3.63, 3.8) is 0 Å². The topological polar surface area (TPSA) is 225 Å². The Balaban J connectivity index is 1.63. The molecule has 0 saturated carbocycles. The number of aliphatic hydroxyl groups excluding tert-OH is 1. The Bertz CT molecular complexity index is 1500. The number of fused-ring (bicyclic) bond motifs is 1. The molecule has 0 spiro atoms. The van der Waals surface area contributed by atoms with Crippen molar-refractivity contribution in [1.29, 1.82) is 0 Å². The summed E-state index contributed by atoms with van der Waals surface area (Å²) in [4.78, 5) is 37.8. The van der Waals surface area contributed by atoms with E-state index in [2.05, 4.69) is 20.0 Å². The van der Waals surface area contributed by atoms with Gasteiger partial charge >= 0.3 is 13.7 Å². The first kappa shape index (κ1) is 32.1. The van der Waals surface area contributed by atoms with Crippen LogP contribution >= 0.6 is 7.75 Å². The van der Waals surface area contributed by atoms with Crippen LogP contribution in [0.2, 0.25) is 0 Å². The number of carbonyl (C=O) groups is 2. The van der Waals surface area contributed by atoms with Crippen molar-refractivity contribution in [3.05, 3.63) is 36.7 Å². The lowest BCUT2D eigenvalue weighted by Crippen LogP contribution is -2.48. The summed E-state index contributed by atoms with van der Waals surface area (Å²) >= 11 is 0. The molecule has 1 fully saturated rings. The Hall–Kier alpha value is -3.82. The first-order chi connectivity index (χ1) is 20.3. The number of nitrogen functional groups attached to an aromatic ring is 1. The standard InChI is InChI=1S/C26H36N7O9P/c1-6-38-21-18-20(30-25(28)31-21)33(13-29-18)24-26(5,23(27)36)19(34)17(41-24)12-39-43(37,42-16-10-8-7-9-11-16)32-15(4)22(35)40-14(2)3/h7-11,13-15,17,19,24,34H,6,12H2,1-5H3,(H2,27,36)(H,32,37)(H2,28,30,31)/t15-,17+,19+,24+,26-,43?/m0/s1. The van der Waals surface area contributed by atoms with Gasteiger partial charge in [-0.25, -0.2) is 9.55 Å². The second kappa shape index (κ2) is 12.8. The number of amides is 1. The van der Waals surface area contributed by atoms with Crippen LogP contribution in [0.4, 0.5) is 5.95 Å². The number of rotatable bonds is 13. The molecule has 0 bridgehead atoms. The molecule has 1 aliphatic heterocycles. The van der Waals surface area contributed by atoms with Gasteiger partial charge in [0.25, 0.3) is 0 Å². The number of esters is 1. The van der Waals surface area contributed by atoms with Crippen LogP contribution in [-0.2, 0) is 28.2 Å². The molecule has 1 unspecified atom stereocenters. The predicted molar refractivity (Wildman–Crippen MR) is 153 cm³/mol. The van der Waals surface area contributed by atoms with E-state index in [0.717, 1.165) is 0 Å². The lowest BCUT2D eigenvalue weighted by atomic mass is 9.81. The van der Waals surface area contributed by atoms with Crippen molar-refractivity contribution in [2.45, 2.75) is 65.2 Å². The summed E-state index contributed by atoms with van der Waals surface area (Å²) in [6.07, 6.45) is -3.13.